The Morgan fingerprint density at radius 2 is 1.30 bits per heavy atom. The van der Waals surface area contributed by atoms with Crippen molar-refractivity contribution in [3.63, 3.8) is 0 Å². The molecule has 2 heterocycles. The molecule has 1 aliphatic rings. The predicted octanol–water partition coefficient (Wildman–Crippen LogP) is 12.2. The maximum absolute atomic E-state index is 11.0. The molecule has 0 unspecified atom stereocenters. The largest absolute Gasteiger partial charge is 0.507 e. The first-order chi connectivity index (χ1) is 25.9. The number of aromatic hydroxyl groups is 1. The third kappa shape index (κ3) is 5.49. The van der Waals surface area contributed by atoms with E-state index >= 15 is 0 Å². The maximum atomic E-state index is 11.0. The van der Waals surface area contributed by atoms with Crippen LogP contribution in [-0.2, 0) is 5.41 Å². The summed E-state index contributed by atoms with van der Waals surface area (Å²) < 4.78 is 0. The van der Waals surface area contributed by atoms with E-state index in [-0.39, 0.29) is 11.2 Å². The van der Waals surface area contributed by atoms with E-state index in [4.69, 9.17) is 9.97 Å². The molecule has 6 aromatic carbocycles. The number of aromatic nitrogens is 2. The number of para-hydroxylation sites is 1. The summed E-state index contributed by atoms with van der Waals surface area (Å²) in [5.41, 5.74) is 11.7. The molecule has 53 heavy (non-hydrogen) atoms. The fourth-order valence-electron chi connectivity index (χ4n) is 7.88. The normalized spacial score (nSPS) is 12.7. The summed E-state index contributed by atoms with van der Waals surface area (Å²) in [4.78, 5) is 14.7. The van der Waals surface area contributed by atoms with Crippen molar-refractivity contribution >= 4 is 39.3 Å². The summed E-state index contributed by atoms with van der Waals surface area (Å²) in [6.45, 7) is 4.39. The quantitative estimate of drug-likeness (QED) is 0.181. The van der Waals surface area contributed by atoms with E-state index in [9.17, 15) is 5.11 Å². The van der Waals surface area contributed by atoms with E-state index in [0.717, 1.165) is 73.3 Å². The maximum Gasteiger partial charge on any atom is 0.139 e. The highest BCUT2D eigenvalue weighted by Gasteiger charge is 2.38. The Kier molecular flexibility index (Phi) is 7.78. The first kappa shape index (κ1) is 32.2. The van der Waals surface area contributed by atoms with Gasteiger partial charge in [-0.3, -0.25) is 4.90 Å². The summed E-state index contributed by atoms with van der Waals surface area (Å²) in [7, 11) is 2.11. The number of phenols is 1. The molecular weight excluding hydrogens is 649 g/mol. The topological polar surface area (TPSA) is 52.5 Å². The number of rotatable bonds is 7. The van der Waals surface area contributed by atoms with Crippen LogP contribution in [0, 0.1) is 0 Å². The number of anilines is 5. The molecule has 1 aliphatic carbocycles. The van der Waals surface area contributed by atoms with Crippen LogP contribution in [0.25, 0.3) is 44.4 Å². The second kappa shape index (κ2) is 12.8. The van der Waals surface area contributed by atoms with Crippen molar-refractivity contribution in [3.8, 4) is 39.4 Å². The Morgan fingerprint density at radius 1 is 0.585 bits per heavy atom. The van der Waals surface area contributed by atoms with Crippen molar-refractivity contribution in [2.45, 2.75) is 19.3 Å². The Labute approximate surface area is 310 Å². The molecule has 5 heteroatoms. The van der Waals surface area contributed by atoms with Crippen molar-refractivity contribution < 1.29 is 5.11 Å². The fourth-order valence-corrected chi connectivity index (χ4v) is 7.88. The van der Waals surface area contributed by atoms with Gasteiger partial charge in [-0.05, 0) is 64.5 Å². The lowest BCUT2D eigenvalue weighted by molar-refractivity contribution is 0.476. The van der Waals surface area contributed by atoms with Gasteiger partial charge in [0.05, 0.1) is 17.1 Å². The van der Waals surface area contributed by atoms with Gasteiger partial charge in [-0.1, -0.05) is 129 Å². The molecule has 0 bridgehead atoms. The minimum atomic E-state index is -0.259. The average Bonchev–Trinajstić information content (AvgIpc) is 3.44. The smallest absolute Gasteiger partial charge is 0.139 e. The lowest BCUT2D eigenvalue weighted by atomic mass is 9.83. The molecule has 0 atom stereocenters. The van der Waals surface area contributed by atoms with Crippen LogP contribution in [0.4, 0.5) is 28.6 Å². The third-order valence-corrected chi connectivity index (χ3v) is 10.6. The van der Waals surface area contributed by atoms with E-state index in [2.05, 4.69) is 176 Å². The SMILES string of the molecule is CN(c1ccnc(N(c2cccc(-c3ccc4c(n3)-c3c(O)cccc3C4(C)C)c2)c2ccccc2-c2ccccc2)c1)c1cccc2ccccc12. The number of nitrogens with zero attached hydrogens (tertiary/aromatic N) is 4. The lowest BCUT2D eigenvalue weighted by Crippen LogP contribution is -2.15. The fraction of sp³-hybridized carbons (Fsp3) is 0.0833. The number of pyridine rings is 2. The van der Waals surface area contributed by atoms with Crippen LogP contribution in [0.2, 0.25) is 0 Å². The molecule has 256 valence electrons. The van der Waals surface area contributed by atoms with Gasteiger partial charge in [0.2, 0.25) is 0 Å². The highest BCUT2D eigenvalue weighted by molar-refractivity contribution is 5.96. The summed E-state index contributed by atoms with van der Waals surface area (Å²) in [5.74, 6) is 1.05. The second-order valence-corrected chi connectivity index (χ2v) is 14.1. The number of phenolic OH excluding ortho intramolecular Hbond substituents is 1. The summed E-state index contributed by atoms with van der Waals surface area (Å²) in [6, 6.07) is 56.6. The third-order valence-electron chi connectivity index (χ3n) is 10.6. The van der Waals surface area contributed by atoms with Crippen LogP contribution in [0.1, 0.15) is 25.0 Å². The van der Waals surface area contributed by atoms with Crippen LogP contribution in [0.3, 0.4) is 0 Å². The van der Waals surface area contributed by atoms with Crippen LogP contribution < -0.4 is 9.80 Å². The number of hydrogen-bond acceptors (Lipinski definition) is 5. The molecule has 0 spiro atoms. The molecule has 0 aliphatic heterocycles. The predicted molar refractivity (Wildman–Crippen MR) is 219 cm³/mol. The van der Waals surface area contributed by atoms with Gasteiger partial charge in [0.25, 0.3) is 0 Å². The van der Waals surface area contributed by atoms with Crippen molar-refractivity contribution in [1.82, 2.24) is 9.97 Å². The van der Waals surface area contributed by atoms with E-state index in [1.807, 2.05) is 18.3 Å². The molecule has 1 N–H and O–H groups in total. The van der Waals surface area contributed by atoms with Crippen molar-refractivity contribution in [2.75, 3.05) is 16.8 Å². The molecule has 9 rings (SSSR count). The van der Waals surface area contributed by atoms with E-state index in [0.29, 0.717) is 0 Å². The summed E-state index contributed by atoms with van der Waals surface area (Å²) >= 11 is 0. The van der Waals surface area contributed by atoms with Gasteiger partial charge >= 0.3 is 0 Å². The standard InChI is InChI=1S/C48H38N4O/c1-48(2)39-22-13-25-44(53)46(39)47-40(48)26-27-41(50-47)34-18-11-19-36(30-34)52(43-23-10-9-21-38(43)32-14-5-4-6-15-32)45-31-35(28-29-49-45)51(3)42-24-12-17-33-16-7-8-20-37(33)42/h4-31,53H,1-3H3. The second-order valence-electron chi connectivity index (χ2n) is 14.1. The number of fused-ring (bicyclic) bond motifs is 4. The van der Waals surface area contributed by atoms with Crippen molar-refractivity contribution in [2.24, 2.45) is 0 Å². The highest BCUT2D eigenvalue weighted by atomic mass is 16.3. The van der Waals surface area contributed by atoms with Crippen molar-refractivity contribution in [1.29, 1.82) is 0 Å². The van der Waals surface area contributed by atoms with Crippen LogP contribution in [0.15, 0.2) is 170 Å². The average molecular weight is 687 g/mol. The Balaban J connectivity index is 1.20. The molecule has 0 saturated carbocycles. The molecule has 0 radical (unpaired) electrons. The van der Waals surface area contributed by atoms with Crippen LogP contribution in [0.5, 0.6) is 5.75 Å². The monoisotopic (exact) mass is 686 g/mol. The summed E-state index contributed by atoms with van der Waals surface area (Å²) in [5, 5.41) is 13.4. The van der Waals surface area contributed by atoms with Gasteiger partial charge in [0.1, 0.15) is 11.6 Å². The zero-order chi connectivity index (χ0) is 36.1. The van der Waals surface area contributed by atoms with Crippen molar-refractivity contribution in [3.05, 3.63) is 181 Å². The van der Waals surface area contributed by atoms with Gasteiger partial charge in [0.15, 0.2) is 0 Å². The Morgan fingerprint density at radius 3 is 2.19 bits per heavy atom. The minimum absolute atomic E-state index is 0.259. The van der Waals surface area contributed by atoms with Gasteiger partial charge in [-0.2, -0.15) is 0 Å². The molecular formula is C48H38N4O. The molecule has 0 fully saturated rings. The van der Waals surface area contributed by atoms with Gasteiger partial charge in [-0.15, -0.1) is 0 Å². The Bertz CT molecular complexity index is 2640. The van der Waals surface area contributed by atoms with Gasteiger partial charge in [-0.25, -0.2) is 9.97 Å². The first-order valence-electron chi connectivity index (χ1n) is 18.0. The Hall–Kier alpha value is -6.72. The number of hydrogen-bond donors (Lipinski definition) is 1. The zero-order valence-corrected chi connectivity index (χ0v) is 29.9. The van der Waals surface area contributed by atoms with E-state index in [1.54, 1.807) is 6.07 Å². The molecule has 8 aromatic rings. The summed E-state index contributed by atoms with van der Waals surface area (Å²) in [6.07, 6.45) is 1.89. The first-order valence-corrected chi connectivity index (χ1v) is 18.0. The number of benzene rings is 6. The van der Waals surface area contributed by atoms with E-state index in [1.165, 1.54) is 10.8 Å². The molecule has 0 saturated heterocycles. The van der Waals surface area contributed by atoms with Gasteiger partial charge in [0, 0.05) is 63.9 Å². The van der Waals surface area contributed by atoms with Crippen LogP contribution in [-0.4, -0.2) is 22.1 Å². The van der Waals surface area contributed by atoms with E-state index < -0.39 is 0 Å². The molecule has 0 amide bonds. The molecule has 5 nitrogen and oxygen atoms in total. The van der Waals surface area contributed by atoms with Gasteiger partial charge < -0.3 is 10.0 Å². The zero-order valence-electron chi connectivity index (χ0n) is 29.9. The minimum Gasteiger partial charge on any atom is -0.507 e. The lowest BCUT2D eigenvalue weighted by Gasteiger charge is -2.29. The molecule has 2 aromatic heterocycles. The highest BCUT2D eigenvalue weighted by Crippen LogP contribution is 2.51. The van der Waals surface area contributed by atoms with Crippen LogP contribution >= 0.6 is 0 Å².